The number of amides is 2. The molecule has 2 aromatic rings. The van der Waals surface area contributed by atoms with Crippen LogP contribution in [0.2, 0.25) is 0 Å². The topological polar surface area (TPSA) is 79.3 Å². The molecule has 0 radical (unpaired) electrons. The Labute approximate surface area is 153 Å². The molecule has 1 aromatic heterocycles. The minimum atomic E-state index is -0.421. The highest BCUT2D eigenvalue weighted by atomic mass is 16.2. The lowest BCUT2D eigenvalue weighted by Gasteiger charge is -2.34. The zero-order valence-corrected chi connectivity index (χ0v) is 14.8. The molecule has 1 saturated heterocycles. The zero-order valence-electron chi connectivity index (χ0n) is 14.8. The van der Waals surface area contributed by atoms with Crippen LogP contribution >= 0.6 is 0 Å². The number of rotatable bonds is 8. The number of hydrogen-bond donors (Lipinski definition) is 2. The number of carbonyl (C=O) groups is 2. The molecule has 0 bridgehead atoms. The van der Waals surface area contributed by atoms with Crippen molar-refractivity contribution < 1.29 is 9.59 Å². The van der Waals surface area contributed by atoms with Gasteiger partial charge < -0.3 is 10.6 Å². The molecule has 1 aliphatic heterocycles. The number of aryl methyl sites for hydroxylation is 1. The predicted molar refractivity (Wildman–Crippen MR) is 98.1 cm³/mol. The summed E-state index contributed by atoms with van der Waals surface area (Å²) in [5.74, 6) is -0.163. The van der Waals surface area contributed by atoms with E-state index < -0.39 is 6.04 Å². The van der Waals surface area contributed by atoms with Gasteiger partial charge in [-0.25, -0.2) is 0 Å². The molecule has 7 heteroatoms. The molecule has 0 aliphatic carbocycles. The number of nitrogens with zero attached hydrogens (tertiary/aromatic N) is 3. The molecule has 1 fully saturated rings. The molecule has 3 rings (SSSR count). The number of hydrogen-bond acceptors (Lipinski definition) is 4. The van der Waals surface area contributed by atoms with Crippen molar-refractivity contribution in [1.82, 2.24) is 25.3 Å². The van der Waals surface area contributed by atoms with Crippen LogP contribution in [-0.2, 0) is 22.7 Å². The number of aromatic nitrogens is 2. The van der Waals surface area contributed by atoms with Gasteiger partial charge in [0.1, 0.15) is 0 Å². The smallest absolute Gasteiger partial charge is 0.237 e. The fraction of sp³-hybridized carbons (Fsp3) is 0.421. The van der Waals surface area contributed by atoms with Crippen LogP contribution in [0.5, 0.6) is 0 Å². The maximum Gasteiger partial charge on any atom is 0.237 e. The van der Waals surface area contributed by atoms with Crippen molar-refractivity contribution in [3.63, 3.8) is 0 Å². The Hall–Kier alpha value is -2.67. The van der Waals surface area contributed by atoms with Gasteiger partial charge in [0.25, 0.3) is 0 Å². The SMILES string of the molecule is O=C(C[C@H]1C(=O)NCCN1Cc1ccccc1)NCCCn1cccn1. The highest BCUT2D eigenvalue weighted by molar-refractivity contribution is 5.88. The van der Waals surface area contributed by atoms with Gasteiger partial charge in [0, 0.05) is 45.1 Å². The zero-order chi connectivity index (χ0) is 18.2. The van der Waals surface area contributed by atoms with Crippen LogP contribution in [0.1, 0.15) is 18.4 Å². The second-order valence-electron chi connectivity index (χ2n) is 6.44. The first kappa shape index (κ1) is 18.1. The van der Waals surface area contributed by atoms with Crippen LogP contribution in [0.4, 0.5) is 0 Å². The van der Waals surface area contributed by atoms with Gasteiger partial charge in [0.2, 0.25) is 11.8 Å². The Morgan fingerprint density at radius 2 is 2.12 bits per heavy atom. The monoisotopic (exact) mass is 355 g/mol. The van der Waals surface area contributed by atoms with Gasteiger partial charge in [-0.15, -0.1) is 0 Å². The third kappa shape index (κ3) is 5.16. The van der Waals surface area contributed by atoms with Crippen LogP contribution in [0.15, 0.2) is 48.8 Å². The first-order valence-corrected chi connectivity index (χ1v) is 9.02. The normalized spacial score (nSPS) is 17.7. The number of benzene rings is 1. The summed E-state index contributed by atoms with van der Waals surface area (Å²) in [6.45, 7) is 3.38. The highest BCUT2D eigenvalue weighted by Gasteiger charge is 2.31. The molecule has 2 heterocycles. The summed E-state index contributed by atoms with van der Waals surface area (Å²) in [5.41, 5.74) is 1.15. The number of piperazine rings is 1. The van der Waals surface area contributed by atoms with Crippen molar-refractivity contribution in [2.75, 3.05) is 19.6 Å². The Bertz CT molecular complexity index is 702. The van der Waals surface area contributed by atoms with Crippen molar-refractivity contribution >= 4 is 11.8 Å². The maximum absolute atomic E-state index is 12.3. The van der Waals surface area contributed by atoms with Crippen LogP contribution in [0.25, 0.3) is 0 Å². The van der Waals surface area contributed by atoms with Gasteiger partial charge >= 0.3 is 0 Å². The Morgan fingerprint density at radius 3 is 2.88 bits per heavy atom. The molecule has 0 unspecified atom stereocenters. The third-order valence-electron chi connectivity index (χ3n) is 4.49. The van der Waals surface area contributed by atoms with Crippen molar-refractivity contribution in [2.24, 2.45) is 0 Å². The van der Waals surface area contributed by atoms with Crippen LogP contribution in [0, 0.1) is 0 Å². The van der Waals surface area contributed by atoms with Crippen molar-refractivity contribution in [1.29, 1.82) is 0 Å². The van der Waals surface area contributed by atoms with Gasteiger partial charge in [-0.1, -0.05) is 30.3 Å². The summed E-state index contributed by atoms with van der Waals surface area (Å²) >= 11 is 0. The first-order valence-electron chi connectivity index (χ1n) is 9.02. The van der Waals surface area contributed by atoms with E-state index in [4.69, 9.17) is 0 Å². The molecular weight excluding hydrogens is 330 g/mol. The highest BCUT2D eigenvalue weighted by Crippen LogP contribution is 2.13. The Kier molecular flexibility index (Phi) is 6.38. The van der Waals surface area contributed by atoms with Crippen molar-refractivity contribution in [3.8, 4) is 0 Å². The summed E-state index contributed by atoms with van der Waals surface area (Å²) in [6.07, 6.45) is 4.62. The van der Waals surface area contributed by atoms with Crippen molar-refractivity contribution in [2.45, 2.75) is 32.0 Å². The van der Waals surface area contributed by atoms with E-state index in [0.717, 1.165) is 25.1 Å². The van der Waals surface area contributed by atoms with Crippen LogP contribution in [-0.4, -0.2) is 52.2 Å². The maximum atomic E-state index is 12.3. The van der Waals surface area contributed by atoms with E-state index in [-0.39, 0.29) is 18.2 Å². The summed E-state index contributed by atoms with van der Waals surface area (Å²) in [7, 11) is 0. The van der Waals surface area contributed by atoms with E-state index >= 15 is 0 Å². The van der Waals surface area contributed by atoms with E-state index in [1.54, 1.807) is 6.20 Å². The average Bonchev–Trinajstić information content (AvgIpc) is 3.16. The summed E-state index contributed by atoms with van der Waals surface area (Å²) in [4.78, 5) is 26.6. The summed E-state index contributed by atoms with van der Waals surface area (Å²) < 4.78 is 1.84. The molecule has 138 valence electrons. The minimum Gasteiger partial charge on any atom is -0.356 e. The molecule has 26 heavy (non-hydrogen) atoms. The standard InChI is InChI=1S/C19H25N5O2/c25-18(20-8-4-11-24-12-5-9-22-24)14-17-19(26)21-10-13-23(17)15-16-6-2-1-3-7-16/h1-3,5-7,9,12,17H,4,8,10-11,13-15H2,(H,20,25)(H,21,26)/t17-/m0/s1. The average molecular weight is 355 g/mol. The second kappa shape index (κ2) is 9.15. The lowest BCUT2D eigenvalue weighted by atomic mass is 10.1. The van der Waals surface area contributed by atoms with E-state index in [9.17, 15) is 9.59 Å². The molecule has 1 atom stereocenters. The number of carbonyl (C=O) groups excluding carboxylic acids is 2. The fourth-order valence-corrected chi connectivity index (χ4v) is 3.14. The Balaban J connectivity index is 1.48. The quantitative estimate of drug-likeness (QED) is 0.686. The van der Waals surface area contributed by atoms with Gasteiger partial charge in [0.15, 0.2) is 0 Å². The first-order chi connectivity index (χ1) is 12.7. The van der Waals surface area contributed by atoms with Gasteiger partial charge in [-0.3, -0.25) is 19.2 Å². The van der Waals surface area contributed by atoms with Gasteiger partial charge in [0.05, 0.1) is 12.5 Å². The second-order valence-corrected chi connectivity index (χ2v) is 6.44. The molecular formula is C19H25N5O2. The third-order valence-corrected chi connectivity index (χ3v) is 4.49. The summed E-state index contributed by atoms with van der Waals surface area (Å²) in [5, 5.41) is 9.91. The largest absolute Gasteiger partial charge is 0.356 e. The molecule has 1 aromatic carbocycles. The van der Waals surface area contributed by atoms with Crippen LogP contribution < -0.4 is 10.6 Å². The van der Waals surface area contributed by atoms with E-state index in [1.165, 1.54) is 0 Å². The van der Waals surface area contributed by atoms with E-state index in [0.29, 0.717) is 19.6 Å². The van der Waals surface area contributed by atoms with Crippen molar-refractivity contribution in [3.05, 3.63) is 54.4 Å². The summed E-state index contributed by atoms with van der Waals surface area (Å²) in [6, 6.07) is 11.5. The minimum absolute atomic E-state index is 0.0705. The molecule has 7 nitrogen and oxygen atoms in total. The Morgan fingerprint density at radius 1 is 1.27 bits per heavy atom. The lowest BCUT2D eigenvalue weighted by Crippen LogP contribution is -2.56. The van der Waals surface area contributed by atoms with Crippen LogP contribution in [0.3, 0.4) is 0 Å². The van der Waals surface area contributed by atoms with Gasteiger partial charge in [-0.05, 0) is 18.1 Å². The van der Waals surface area contributed by atoms with E-state index in [2.05, 4.69) is 20.6 Å². The fourth-order valence-electron chi connectivity index (χ4n) is 3.14. The molecule has 1 aliphatic rings. The number of nitrogens with one attached hydrogen (secondary N) is 2. The predicted octanol–water partition coefficient (Wildman–Crippen LogP) is 0.780. The molecule has 0 saturated carbocycles. The molecule has 0 spiro atoms. The van der Waals surface area contributed by atoms with E-state index in [1.807, 2.05) is 47.3 Å². The lowest BCUT2D eigenvalue weighted by molar-refractivity contribution is -0.134. The molecule has 2 N–H and O–H groups in total. The molecule has 2 amide bonds. The van der Waals surface area contributed by atoms with Gasteiger partial charge in [-0.2, -0.15) is 5.10 Å².